The fourth-order valence-corrected chi connectivity index (χ4v) is 4.58. The molecule has 1 amide bonds. The van der Waals surface area contributed by atoms with E-state index in [2.05, 4.69) is 5.16 Å². The summed E-state index contributed by atoms with van der Waals surface area (Å²) in [6.07, 6.45) is -4.75. The fourth-order valence-electron chi connectivity index (χ4n) is 4.31. The normalized spacial score (nSPS) is 17.4. The zero-order valence-corrected chi connectivity index (χ0v) is 20.8. The van der Waals surface area contributed by atoms with E-state index >= 15 is 0 Å². The van der Waals surface area contributed by atoms with Crippen molar-refractivity contribution in [3.63, 3.8) is 0 Å². The molecule has 3 aromatic carbocycles. The maximum absolute atomic E-state index is 14.0. The van der Waals surface area contributed by atoms with Gasteiger partial charge in [0.15, 0.2) is 11.4 Å². The van der Waals surface area contributed by atoms with Gasteiger partial charge in [0.25, 0.3) is 0 Å². The molecule has 10 heteroatoms. The molecule has 0 saturated heterocycles. The Labute approximate surface area is 215 Å². The number of fused-ring (bicyclic) bond motifs is 1. The summed E-state index contributed by atoms with van der Waals surface area (Å²) in [5, 5.41) is 7.41. The second kappa shape index (κ2) is 10.1. The van der Waals surface area contributed by atoms with E-state index in [9.17, 15) is 27.2 Å². The van der Waals surface area contributed by atoms with E-state index in [0.29, 0.717) is 34.2 Å². The summed E-state index contributed by atoms with van der Waals surface area (Å²) in [6.45, 7) is 2.01. The summed E-state index contributed by atoms with van der Waals surface area (Å²) in [5.41, 5.74) is 1.91. The van der Waals surface area contributed by atoms with Crippen molar-refractivity contribution in [2.45, 2.75) is 44.9 Å². The van der Waals surface area contributed by atoms with Gasteiger partial charge < -0.3 is 10.2 Å². The number of hydrogen-bond acceptors (Lipinski definition) is 4. The molecule has 0 aromatic heterocycles. The van der Waals surface area contributed by atoms with Crippen LogP contribution in [0.3, 0.4) is 0 Å². The van der Waals surface area contributed by atoms with Crippen molar-refractivity contribution in [2.24, 2.45) is 5.16 Å². The van der Waals surface area contributed by atoms with E-state index < -0.39 is 30.0 Å². The van der Waals surface area contributed by atoms with Crippen LogP contribution in [0.4, 0.5) is 17.6 Å². The average Bonchev–Trinajstić information content (AvgIpc) is 3.26. The second-order valence-corrected chi connectivity index (χ2v) is 9.55. The number of halogens is 5. The van der Waals surface area contributed by atoms with Crippen molar-refractivity contribution < 1.29 is 32.0 Å². The fraction of sp³-hybridized carbons (Fsp3) is 0.296. The van der Waals surface area contributed by atoms with E-state index in [0.717, 1.165) is 10.9 Å². The number of benzene rings is 3. The number of hydrogen-bond donors (Lipinski definition) is 1. The second-order valence-electron chi connectivity index (χ2n) is 9.15. The molecule has 1 aliphatic rings. The number of carbonyl (C=O) groups is 2. The molecule has 3 aromatic rings. The number of ketones is 1. The van der Waals surface area contributed by atoms with Crippen LogP contribution in [0.1, 0.15) is 53.2 Å². The lowest BCUT2D eigenvalue weighted by Crippen LogP contribution is -2.33. The Balaban J connectivity index is 1.55. The number of nitrogens with one attached hydrogen (secondary N) is 1. The highest BCUT2D eigenvalue weighted by atomic mass is 35.5. The Morgan fingerprint density at radius 2 is 1.81 bits per heavy atom. The lowest BCUT2D eigenvalue weighted by Gasteiger charge is -2.23. The van der Waals surface area contributed by atoms with Crippen LogP contribution in [-0.4, -0.2) is 30.1 Å². The maximum Gasteiger partial charge on any atom is 0.405 e. The van der Waals surface area contributed by atoms with Gasteiger partial charge >= 0.3 is 6.18 Å². The van der Waals surface area contributed by atoms with Gasteiger partial charge in [-0.25, -0.2) is 4.39 Å². The molecule has 0 spiro atoms. The zero-order valence-electron chi connectivity index (χ0n) is 20.0. The predicted molar refractivity (Wildman–Crippen MR) is 132 cm³/mol. The number of aryl methyl sites for hydroxylation is 1. The minimum absolute atomic E-state index is 0.00585. The summed E-state index contributed by atoms with van der Waals surface area (Å²) >= 11 is 6.05. The maximum atomic E-state index is 14.0. The first-order valence-electron chi connectivity index (χ1n) is 11.5. The molecule has 4 rings (SSSR count). The number of amides is 1. The van der Waals surface area contributed by atoms with Gasteiger partial charge in [0.2, 0.25) is 5.91 Å². The van der Waals surface area contributed by atoms with Crippen molar-refractivity contribution in [1.29, 1.82) is 0 Å². The topological polar surface area (TPSA) is 67.8 Å². The summed E-state index contributed by atoms with van der Waals surface area (Å²) < 4.78 is 50.9. The van der Waals surface area contributed by atoms with Crippen molar-refractivity contribution >= 4 is 39.8 Å². The third-order valence-corrected chi connectivity index (χ3v) is 6.56. The Bertz CT molecular complexity index is 1400. The van der Waals surface area contributed by atoms with Gasteiger partial charge in [0, 0.05) is 36.0 Å². The molecular weight excluding hydrogens is 512 g/mol. The standard InChI is InChI=1S/C27H23ClF4N2O3/c1-15-11-16(12-21(28)25(15)29)26(2)13-22(34-37-26)19-7-8-20(18-6-4-3-5-17(18)19)23(35)9-10-24(36)33-14-27(30,31)32/h3-8,11-12H,9-10,13-14H2,1-2H3,(H,33,36). The highest BCUT2D eigenvalue weighted by Gasteiger charge is 2.38. The Morgan fingerprint density at radius 1 is 1.11 bits per heavy atom. The van der Waals surface area contributed by atoms with Crippen LogP contribution in [-0.2, 0) is 15.2 Å². The lowest BCUT2D eigenvalue weighted by atomic mass is 9.86. The highest BCUT2D eigenvalue weighted by Crippen LogP contribution is 2.39. The zero-order chi connectivity index (χ0) is 27.0. The van der Waals surface area contributed by atoms with Gasteiger partial charge in [-0.3, -0.25) is 9.59 Å². The Morgan fingerprint density at radius 3 is 2.49 bits per heavy atom. The van der Waals surface area contributed by atoms with E-state index in [-0.39, 0.29) is 23.6 Å². The number of rotatable bonds is 7. The van der Waals surface area contributed by atoms with E-state index in [1.54, 1.807) is 42.6 Å². The van der Waals surface area contributed by atoms with Gasteiger partial charge in [-0.15, -0.1) is 0 Å². The lowest BCUT2D eigenvalue weighted by molar-refractivity contribution is -0.138. The minimum Gasteiger partial charge on any atom is -0.384 e. The first kappa shape index (κ1) is 26.6. The molecule has 0 radical (unpaired) electrons. The molecule has 1 N–H and O–H groups in total. The van der Waals surface area contributed by atoms with Crippen molar-refractivity contribution in [3.05, 3.63) is 81.6 Å². The molecule has 0 aliphatic carbocycles. The molecule has 37 heavy (non-hydrogen) atoms. The Kier molecular flexibility index (Phi) is 7.28. The molecular formula is C27H23ClF4N2O3. The highest BCUT2D eigenvalue weighted by molar-refractivity contribution is 6.30. The number of nitrogens with zero attached hydrogens (tertiary/aromatic N) is 1. The Hall–Kier alpha value is -3.46. The van der Waals surface area contributed by atoms with Gasteiger partial charge in [-0.05, 0) is 42.3 Å². The van der Waals surface area contributed by atoms with Crippen LogP contribution in [0, 0.1) is 12.7 Å². The van der Waals surface area contributed by atoms with Crippen LogP contribution in [0.15, 0.2) is 53.7 Å². The van der Waals surface area contributed by atoms with E-state index in [4.69, 9.17) is 16.4 Å². The number of alkyl halides is 3. The quantitative estimate of drug-likeness (QED) is 0.273. The van der Waals surface area contributed by atoms with Gasteiger partial charge in [-0.2, -0.15) is 13.2 Å². The average molecular weight is 535 g/mol. The smallest absolute Gasteiger partial charge is 0.384 e. The summed E-state index contributed by atoms with van der Waals surface area (Å²) in [7, 11) is 0. The van der Waals surface area contributed by atoms with E-state index in [1.807, 2.05) is 19.1 Å². The SMILES string of the molecule is Cc1cc(C2(C)CC(c3ccc(C(=O)CCC(=O)NCC(F)(F)F)c4ccccc34)=NO2)cc(Cl)c1F. The third-order valence-electron chi connectivity index (χ3n) is 6.28. The van der Waals surface area contributed by atoms with Crippen LogP contribution in [0.5, 0.6) is 0 Å². The number of oxime groups is 1. The summed E-state index contributed by atoms with van der Waals surface area (Å²) in [6, 6.07) is 13.7. The van der Waals surface area contributed by atoms with Gasteiger partial charge in [0.05, 0.1) is 10.7 Å². The van der Waals surface area contributed by atoms with Gasteiger partial charge in [-0.1, -0.05) is 53.2 Å². The number of Topliss-reactive ketones (excluding diaryl/α,β-unsaturated/α-hetero) is 1. The molecule has 1 heterocycles. The first-order valence-corrected chi connectivity index (χ1v) is 11.9. The van der Waals surface area contributed by atoms with Crippen molar-refractivity contribution in [3.8, 4) is 0 Å². The molecule has 0 fully saturated rings. The van der Waals surface area contributed by atoms with Gasteiger partial charge in [0.1, 0.15) is 12.4 Å². The van der Waals surface area contributed by atoms with Crippen molar-refractivity contribution in [2.75, 3.05) is 6.54 Å². The number of carbonyl (C=O) groups excluding carboxylic acids is 2. The van der Waals surface area contributed by atoms with Crippen LogP contribution >= 0.6 is 11.6 Å². The molecule has 1 aliphatic heterocycles. The molecule has 1 atom stereocenters. The predicted octanol–water partition coefficient (Wildman–Crippen LogP) is 6.62. The minimum atomic E-state index is -4.52. The third kappa shape index (κ3) is 5.77. The van der Waals surface area contributed by atoms with Crippen LogP contribution < -0.4 is 5.32 Å². The van der Waals surface area contributed by atoms with E-state index in [1.165, 1.54) is 6.07 Å². The molecule has 0 saturated carbocycles. The molecule has 1 unspecified atom stereocenters. The summed E-state index contributed by atoms with van der Waals surface area (Å²) in [5.74, 6) is -1.70. The molecule has 0 bridgehead atoms. The first-order chi connectivity index (χ1) is 17.4. The molecule has 194 valence electrons. The molecule has 5 nitrogen and oxygen atoms in total. The largest absolute Gasteiger partial charge is 0.405 e. The monoisotopic (exact) mass is 534 g/mol. The van der Waals surface area contributed by atoms with Crippen molar-refractivity contribution in [1.82, 2.24) is 5.32 Å². The summed E-state index contributed by atoms with van der Waals surface area (Å²) in [4.78, 5) is 30.4. The van der Waals surface area contributed by atoms with Crippen LogP contribution in [0.25, 0.3) is 10.8 Å². The van der Waals surface area contributed by atoms with Crippen LogP contribution in [0.2, 0.25) is 5.02 Å².